The van der Waals surface area contributed by atoms with Gasteiger partial charge in [-0.3, -0.25) is 0 Å². The lowest BCUT2D eigenvalue weighted by atomic mass is 10.2. The molecule has 0 bridgehead atoms. The van der Waals surface area contributed by atoms with Crippen LogP contribution in [0.4, 0.5) is 0 Å². The second-order valence-electron chi connectivity index (χ2n) is 6.31. The Labute approximate surface area is 153 Å². The van der Waals surface area contributed by atoms with Crippen LogP contribution >= 0.6 is 23.2 Å². The summed E-state index contributed by atoms with van der Waals surface area (Å²) >= 11 is 12.0. The van der Waals surface area contributed by atoms with E-state index in [1.54, 1.807) is 6.92 Å². The number of nitrogens with zero attached hydrogens (tertiary/aromatic N) is 1. The van der Waals surface area contributed by atoms with Crippen LogP contribution in [0.1, 0.15) is 47.0 Å². The molecule has 0 spiro atoms. The number of ether oxygens (including phenoxy) is 2. The fourth-order valence-electron chi connectivity index (χ4n) is 1.69. The highest BCUT2D eigenvalue weighted by Crippen LogP contribution is 2.36. The van der Waals surface area contributed by atoms with Crippen molar-refractivity contribution in [1.82, 2.24) is 0 Å². The van der Waals surface area contributed by atoms with Crippen molar-refractivity contribution in [3.63, 3.8) is 0 Å². The van der Waals surface area contributed by atoms with E-state index >= 15 is 0 Å². The molecule has 7 heteroatoms. The number of aromatic hydroxyl groups is 1. The Hall–Kier alpha value is -1.33. The molecule has 0 aliphatic heterocycles. The smallest absolute Gasteiger partial charge is 0.222 e. The molecule has 0 saturated carbocycles. The molecule has 24 heavy (non-hydrogen) atoms. The lowest BCUT2D eigenvalue weighted by molar-refractivity contribution is -0.00396. The number of unbranched alkanes of at least 4 members (excludes halogenated alkanes) is 2. The summed E-state index contributed by atoms with van der Waals surface area (Å²) in [5, 5.41) is 13.9. The number of benzene rings is 1. The maximum atomic E-state index is 9.36. The number of phenolic OH excluding ortho intramolecular Hbond substituents is 1. The first-order valence-electron chi connectivity index (χ1n) is 7.85. The summed E-state index contributed by atoms with van der Waals surface area (Å²) in [5.74, 6) is 0.931. The van der Waals surface area contributed by atoms with Crippen LogP contribution in [0.2, 0.25) is 10.0 Å². The van der Waals surface area contributed by atoms with Gasteiger partial charge in [0.15, 0.2) is 5.75 Å². The summed E-state index contributed by atoms with van der Waals surface area (Å²) in [6.45, 7) is 8.61. The molecule has 0 unspecified atom stereocenters. The van der Waals surface area contributed by atoms with Crippen molar-refractivity contribution in [3.8, 4) is 11.5 Å². The number of hydrogen-bond donors (Lipinski definition) is 1. The van der Waals surface area contributed by atoms with Crippen molar-refractivity contribution in [3.05, 3.63) is 22.2 Å². The zero-order valence-electron chi connectivity index (χ0n) is 14.6. The van der Waals surface area contributed by atoms with Crippen LogP contribution in [0.3, 0.4) is 0 Å². The van der Waals surface area contributed by atoms with Gasteiger partial charge in [-0.1, -0.05) is 28.4 Å². The van der Waals surface area contributed by atoms with E-state index in [1.165, 1.54) is 12.1 Å². The molecular weight excluding hydrogens is 353 g/mol. The molecule has 0 radical (unpaired) electrons. The minimum Gasteiger partial charge on any atom is -0.508 e. The molecular formula is C17H25Cl2NO4. The van der Waals surface area contributed by atoms with Crippen molar-refractivity contribution in [1.29, 1.82) is 0 Å². The van der Waals surface area contributed by atoms with E-state index in [-0.39, 0.29) is 11.4 Å². The molecule has 136 valence electrons. The molecule has 0 saturated heterocycles. The predicted molar refractivity (Wildman–Crippen MR) is 97.4 cm³/mol. The van der Waals surface area contributed by atoms with E-state index in [9.17, 15) is 5.11 Å². The average molecular weight is 378 g/mol. The third-order valence-electron chi connectivity index (χ3n) is 2.78. The first-order valence-corrected chi connectivity index (χ1v) is 8.61. The Morgan fingerprint density at radius 2 is 1.67 bits per heavy atom. The lowest BCUT2D eigenvalue weighted by Gasteiger charge is -2.16. The molecule has 0 heterocycles. The Morgan fingerprint density at radius 3 is 2.25 bits per heavy atom. The highest BCUT2D eigenvalue weighted by atomic mass is 35.5. The molecule has 1 rings (SSSR count). The largest absolute Gasteiger partial charge is 0.508 e. The maximum Gasteiger partial charge on any atom is 0.222 e. The quantitative estimate of drug-likeness (QED) is 0.284. The minimum absolute atomic E-state index is 0.0157. The minimum atomic E-state index is -0.321. The number of phenols is 1. The molecule has 0 aliphatic rings. The average Bonchev–Trinajstić information content (AvgIpc) is 2.45. The van der Waals surface area contributed by atoms with Gasteiger partial charge in [0.25, 0.3) is 0 Å². The van der Waals surface area contributed by atoms with E-state index in [4.69, 9.17) is 37.5 Å². The van der Waals surface area contributed by atoms with Gasteiger partial charge in [0.05, 0.1) is 23.3 Å². The zero-order valence-corrected chi connectivity index (χ0v) is 16.1. The van der Waals surface area contributed by atoms with Gasteiger partial charge in [0, 0.05) is 19.1 Å². The molecule has 1 aromatic rings. The number of oxime groups is 1. The first-order chi connectivity index (χ1) is 11.2. The van der Waals surface area contributed by atoms with E-state index in [0.29, 0.717) is 34.9 Å². The summed E-state index contributed by atoms with van der Waals surface area (Å²) in [6, 6.07) is 2.80. The number of rotatable bonds is 8. The Morgan fingerprint density at radius 1 is 1.08 bits per heavy atom. The first kappa shape index (κ1) is 20.7. The molecule has 0 aliphatic carbocycles. The van der Waals surface area contributed by atoms with E-state index in [0.717, 1.165) is 19.3 Å². The van der Waals surface area contributed by atoms with Gasteiger partial charge in [-0.05, 0) is 40.0 Å². The highest BCUT2D eigenvalue weighted by molar-refractivity contribution is 6.37. The van der Waals surface area contributed by atoms with E-state index in [2.05, 4.69) is 5.16 Å². The molecule has 1 aromatic carbocycles. The van der Waals surface area contributed by atoms with Gasteiger partial charge >= 0.3 is 0 Å². The van der Waals surface area contributed by atoms with Crippen LogP contribution in [0, 0.1) is 0 Å². The second kappa shape index (κ2) is 9.84. The van der Waals surface area contributed by atoms with Gasteiger partial charge < -0.3 is 19.4 Å². The number of hydrogen-bond acceptors (Lipinski definition) is 5. The van der Waals surface area contributed by atoms with Crippen LogP contribution < -0.4 is 4.74 Å². The molecule has 5 nitrogen and oxygen atoms in total. The van der Waals surface area contributed by atoms with Gasteiger partial charge in [-0.25, -0.2) is 0 Å². The van der Waals surface area contributed by atoms with Crippen LogP contribution in [0.5, 0.6) is 11.5 Å². The van der Waals surface area contributed by atoms with E-state index in [1.807, 2.05) is 20.8 Å². The lowest BCUT2D eigenvalue weighted by Crippen LogP contribution is -2.17. The molecule has 0 amide bonds. The van der Waals surface area contributed by atoms with Crippen LogP contribution in [-0.2, 0) is 9.57 Å². The monoisotopic (exact) mass is 377 g/mol. The molecule has 0 atom stereocenters. The number of halogens is 2. The van der Waals surface area contributed by atoms with Crippen molar-refractivity contribution in [2.75, 3.05) is 13.2 Å². The van der Waals surface area contributed by atoms with Crippen LogP contribution in [0.25, 0.3) is 0 Å². The van der Waals surface area contributed by atoms with Gasteiger partial charge in [-0.2, -0.15) is 0 Å². The van der Waals surface area contributed by atoms with Crippen LogP contribution in [-0.4, -0.2) is 29.8 Å². The SMILES string of the molecule is CC(=NOC(C)(C)C)OCCCCCOc1c(Cl)cc(O)cc1Cl. The fraction of sp³-hybridized carbons (Fsp3) is 0.588. The summed E-state index contributed by atoms with van der Waals surface area (Å²) in [5.41, 5.74) is -0.321. The van der Waals surface area contributed by atoms with Crippen molar-refractivity contribution < 1.29 is 19.4 Å². The second-order valence-corrected chi connectivity index (χ2v) is 7.12. The van der Waals surface area contributed by atoms with E-state index < -0.39 is 0 Å². The zero-order chi connectivity index (χ0) is 18.2. The Kier molecular flexibility index (Phi) is 8.50. The Balaban J connectivity index is 2.17. The maximum absolute atomic E-state index is 9.36. The molecule has 0 aromatic heterocycles. The third kappa shape index (κ3) is 8.50. The molecule has 1 N–H and O–H groups in total. The molecule has 0 fully saturated rings. The van der Waals surface area contributed by atoms with Gasteiger partial charge in [0.2, 0.25) is 5.90 Å². The standard InChI is InChI=1S/C17H25Cl2NO4/c1-12(20-24-17(2,3)4)22-8-6-5-7-9-23-16-14(18)10-13(21)11-15(16)19/h10-11,21H,5-9H2,1-4H3. The summed E-state index contributed by atoms with van der Waals surface area (Å²) < 4.78 is 11.0. The fourth-order valence-corrected chi connectivity index (χ4v) is 2.27. The van der Waals surface area contributed by atoms with Crippen molar-refractivity contribution in [2.24, 2.45) is 5.16 Å². The van der Waals surface area contributed by atoms with Gasteiger partial charge in [0.1, 0.15) is 11.4 Å². The Bertz CT molecular complexity index is 533. The van der Waals surface area contributed by atoms with Crippen molar-refractivity contribution in [2.45, 2.75) is 52.6 Å². The van der Waals surface area contributed by atoms with Crippen LogP contribution in [0.15, 0.2) is 17.3 Å². The van der Waals surface area contributed by atoms with Crippen molar-refractivity contribution >= 4 is 29.1 Å². The van der Waals surface area contributed by atoms with Gasteiger partial charge in [-0.15, -0.1) is 0 Å². The normalized spacial score (nSPS) is 12.2. The highest BCUT2D eigenvalue weighted by Gasteiger charge is 2.11. The third-order valence-corrected chi connectivity index (χ3v) is 3.34. The summed E-state index contributed by atoms with van der Waals surface area (Å²) in [4.78, 5) is 5.27. The summed E-state index contributed by atoms with van der Waals surface area (Å²) in [7, 11) is 0. The predicted octanol–water partition coefficient (Wildman–Crippen LogP) is 5.41. The summed E-state index contributed by atoms with van der Waals surface area (Å²) in [6.07, 6.45) is 2.65. The topological polar surface area (TPSA) is 60.3 Å².